The largest absolute Gasteiger partial charge is 0.416 e. The number of carbonyl (C=O) groups is 1. The lowest BCUT2D eigenvalue weighted by Crippen LogP contribution is -2.42. The van der Waals surface area contributed by atoms with Crippen molar-refractivity contribution in [3.8, 4) is 0 Å². The Hall–Kier alpha value is -2.13. The lowest BCUT2D eigenvalue weighted by Gasteiger charge is -2.31. The number of fused-ring (bicyclic) bond motifs is 2. The van der Waals surface area contributed by atoms with Crippen molar-refractivity contribution in [2.45, 2.75) is 69.9 Å². The van der Waals surface area contributed by atoms with E-state index in [1.807, 2.05) is 0 Å². The van der Waals surface area contributed by atoms with E-state index in [2.05, 4.69) is 22.4 Å². The fourth-order valence-electron chi connectivity index (χ4n) is 6.71. The van der Waals surface area contributed by atoms with Gasteiger partial charge >= 0.3 is 6.18 Å². The van der Waals surface area contributed by atoms with Crippen molar-refractivity contribution in [2.75, 3.05) is 13.2 Å². The number of benzene rings is 1. The van der Waals surface area contributed by atoms with Crippen molar-refractivity contribution in [2.24, 2.45) is 11.3 Å². The number of H-pyrrole nitrogens is 1. The van der Waals surface area contributed by atoms with Gasteiger partial charge in [-0.15, -0.1) is 0 Å². The zero-order chi connectivity index (χ0) is 22.3. The number of nitrogens with zero attached hydrogens (tertiary/aromatic N) is 2. The van der Waals surface area contributed by atoms with Gasteiger partial charge in [0, 0.05) is 37.2 Å². The van der Waals surface area contributed by atoms with E-state index in [9.17, 15) is 18.0 Å². The average Bonchev–Trinajstić information content (AvgIpc) is 3.43. The maximum Gasteiger partial charge on any atom is 0.416 e. The molecule has 2 aromatic rings. The summed E-state index contributed by atoms with van der Waals surface area (Å²) in [6.07, 6.45) is 0.0569. The predicted molar refractivity (Wildman–Crippen MR) is 111 cm³/mol. The molecule has 1 aromatic heterocycles. The van der Waals surface area contributed by atoms with E-state index in [0.29, 0.717) is 22.8 Å². The van der Waals surface area contributed by atoms with Gasteiger partial charge in [-0.2, -0.15) is 18.3 Å². The highest BCUT2D eigenvalue weighted by atomic mass is 19.4. The minimum atomic E-state index is -4.44. The highest BCUT2D eigenvalue weighted by molar-refractivity contribution is 5.93. The second-order valence-corrected chi connectivity index (χ2v) is 9.98. The number of alkyl halides is 3. The van der Waals surface area contributed by atoms with Crippen LogP contribution >= 0.6 is 0 Å². The van der Waals surface area contributed by atoms with Gasteiger partial charge in [0.15, 0.2) is 0 Å². The van der Waals surface area contributed by atoms with Crippen LogP contribution in [0.15, 0.2) is 12.1 Å². The highest BCUT2D eigenvalue weighted by Crippen LogP contribution is 2.59. The zero-order valence-electron chi connectivity index (χ0n) is 18.0. The van der Waals surface area contributed by atoms with E-state index in [0.717, 1.165) is 56.8 Å². The van der Waals surface area contributed by atoms with Crippen molar-refractivity contribution in [1.29, 1.82) is 0 Å². The van der Waals surface area contributed by atoms with E-state index < -0.39 is 17.2 Å². The second kappa shape index (κ2) is 6.93. The molecule has 3 fully saturated rings. The van der Waals surface area contributed by atoms with Crippen molar-refractivity contribution < 1.29 is 22.7 Å². The lowest BCUT2D eigenvalue weighted by molar-refractivity contribution is -0.137. The number of rotatable bonds is 2. The van der Waals surface area contributed by atoms with E-state index in [1.54, 1.807) is 4.90 Å². The van der Waals surface area contributed by atoms with E-state index in [1.165, 1.54) is 6.07 Å². The number of hydrogen-bond acceptors (Lipinski definition) is 4. The lowest BCUT2D eigenvalue weighted by atomic mass is 9.73. The Kier molecular flexibility index (Phi) is 4.44. The third-order valence-corrected chi connectivity index (χ3v) is 8.33. The van der Waals surface area contributed by atoms with Gasteiger partial charge in [-0.1, -0.05) is 6.92 Å². The molecular formula is C23H27F3N4O2. The summed E-state index contributed by atoms with van der Waals surface area (Å²) >= 11 is 0. The van der Waals surface area contributed by atoms with E-state index >= 15 is 0 Å². The van der Waals surface area contributed by atoms with Gasteiger partial charge in [-0.3, -0.25) is 9.89 Å². The van der Waals surface area contributed by atoms with Crippen LogP contribution in [0.25, 0.3) is 10.9 Å². The number of nitrogens with one attached hydrogen (secondary N) is 2. The third-order valence-electron chi connectivity index (χ3n) is 8.33. The molecule has 3 aliphatic heterocycles. The van der Waals surface area contributed by atoms with Gasteiger partial charge in [0.2, 0.25) is 5.91 Å². The standard InChI is InChI=1S/C23H27F3N4O2/c1-12-20-19-18-13(8-14(23(24,25)26)9-17(18)28-29-19)11-30(20)21(31)22(12)5-2-16(10-22)27-15-3-6-32-7-4-15/h8-9,12,15-16,20,27H,2-7,10-11H2,1H3,(H,28,29)/t12?,16-,20?,22+/m1/s1. The normalized spacial score (nSPS) is 32.9. The number of halogens is 3. The molecule has 0 radical (unpaired) electrons. The van der Waals surface area contributed by atoms with Crippen LogP contribution in [-0.2, 0) is 22.3 Å². The zero-order valence-corrected chi connectivity index (χ0v) is 18.0. The number of aromatic nitrogens is 2. The first-order valence-corrected chi connectivity index (χ1v) is 11.5. The Morgan fingerprint density at radius 2 is 2.00 bits per heavy atom. The van der Waals surface area contributed by atoms with Crippen molar-refractivity contribution >= 4 is 16.8 Å². The summed E-state index contributed by atoms with van der Waals surface area (Å²) in [5.74, 6) is 0.129. The molecule has 4 atom stereocenters. The van der Waals surface area contributed by atoms with Gasteiger partial charge in [-0.25, -0.2) is 0 Å². The average molecular weight is 448 g/mol. The molecular weight excluding hydrogens is 421 g/mol. The molecule has 1 saturated carbocycles. The van der Waals surface area contributed by atoms with Crippen LogP contribution in [0.4, 0.5) is 13.2 Å². The van der Waals surface area contributed by atoms with Gasteiger partial charge in [0.05, 0.1) is 28.2 Å². The molecule has 4 heterocycles. The van der Waals surface area contributed by atoms with Crippen LogP contribution < -0.4 is 5.32 Å². The first-order chi connectivity index (χ1) is 15.3. The van der Waals surface area contributed by atoms with Gasteiger partial charge in [0.25, 0.3) is 0 Å². The Morgan fingerprint density at radius 1 is 1.22 bits per heavy atom. The molecule has 9 heteroatoms. The number of ether oxygens (including phenoxy) is 1. The summed E-state index contributed by atoms with van der Waals surface area (Å²) in [7, 11) is 0. The summed E-state index contributed by atoms with van der Waals surface area (Å²) in [6, 6.07) is 2.83. The molecule has 4 aliphatic rings. The minimum Gasteiger partial charge on any atom is -0.381 e. The molecule has 1 aliphatic carbocycles. The quantitative estimate of drug-likeness (QED) is 0.731. The topological polar surface area (TPSA) is 70.2 Å². The molecule has 6 rings (SSSR count). The number of amides is 1. The maximum absolute atomic E-state index is 13.8. The Morgan fingerprint density at radius 3 is 2.75 bits per heavy atom. The minimum absolute atomic E-state index is 0.0541. The molecule has 172 valence electrons. The molecule has 32 heavy (non-hydrogen) atoms. The van der Waals surface area contributed by atoms with Gasteiger partial charge < -0.3 is 15.0 Å². The summed E-state index contributed by atoms with van der Waals surface area (Å²) < 4.78 is 45.7. The van der Waals surface area contributed by atoms with Crippen LogP contribution in [0.1, 0.15) is 61.9 Å². The maximum atomic E-state index is 13.8. The summed E-state index contributed by atoms with van der Waals surface area (Å²) in [5, 5.41) is 11.7. The predicted octanol–water partition coefficient (Wildman–Crippen LogP) is 3.92. The van der Waals surface area contributed by atoms with Gasteiger partial charge in [-0.05, 0) is 55.7 Å². The van der Waals surface area contributed by atoms with Crippen molar-refractivity contribution in [3.05, 3.63) is 29.0 Å². The van der Waals surface area contributed by atoms with Gasteiger partial charge in [0.1, 0.15) is 0 Å². The molecule has 1 amide bonds. The van der Waals surface area contributed by atoms with Crippen LogP contribution in [-0.4, -0.2) is 46.3 Å². The SMILES string of the molecule is CC1C2c3n[nH]c4cc(C(F)(F)F)cc(c34)CN2C(=O)[C@]12CC[C@@H](NC1CCOCC1)C2. The smallest absolute Gasteiger partial charge is 0.381 e. The van der Waals surface area contributed by atoms with Crippen LogP contribution in [0, 0.1) is 11.3 Å². The molecule has 2 N–H and O–H groups in total. The first kappa shape index (κ1) is 20.5. The van der Waals surface area contributed by atoms with Crippen LogP contribution in [0.2, 0.25) is 0 Å². The Bertz CT molecular complexity index is 1080. The summed E-state index contributed by atoms with van der Waals surface area (Å²) in [5.41, 5.74) is 0.462. The van der Waals surface area contributed by atoms with Crippen molar-refractivity contribution in [1.82, 2.24) is 20.4 Å². The number of carbonyl (C=O) groups excluding carboxylic acids is 1. The molecule has 0 bridgehead atoms. The Balaban J connectivity index is 1.31. The molecule has 1 spiro atoms. The number of hydrogen-bond donors (Lipinski definition) is 2. The molecule has 6 nitrogen and oxygen atoms in total. The summed E-state index contributed by atoms with van der Waals surface area (Å²) in [4.78, 5) is 15.6. The van der Waals surface area contributed by atoms with Crippen LogP contribution in [0.3, 0.4) is 0 Å². The number of aromatic amines is 1. The molecule has 2 unspecified atom stereocenters. The highest BCUT2D eigenvalue weighted by Gasteiger charge is 2.61. The fourth-order valence-corrected chi connectivity index (χ4v) is 6.71. The van der Waals surface area contributed by atoms with E-state index in [4.69, 9.17) is 4.74 Å². The summed E-state index contributed by atoms with van der Waals surface area (Å²) in [6.45, 7) is 3.87. The van der Waals surface area contributed by atoms with Crippen LogP contribution in [0.5, 0.6) is 0 Å². The second-order valence-electron chi connectivity index (χ2n) is 9.98. The monoisotopic (exact) mass is 448 g/mol. The van der Waals surface area contributed by atoms with Crippen molar-refractivity contribution in [3.63, 3.8) is 0 Å². The van der Waals surface area contributed by atoms with E-state index in [-0.39, 0.29) is 30.5 Å². The Labute approximate surface area is 183 Å². The fraction of sp³-hybridized carbons (Fsp3) is 0.652. The molecule has 1 aromatic carbocycles. The molecule has 2 saturated heterocycles. The first-order valence-electron chi connectivity index (χ1n) is 11.5. The third kappa shape index (κ3) is 2.86.